The maximum atomic E-state index is 12.8. The molecule has 27 heavy (non-hydrogen) atoms. The Morgan fingerprint density at radius 2 is 1.96 bits per heavy atom. The lowest BCUT2D eigenvalue weighted by molar-refractivity contribution is 0.0418. The molecule has 9 heteroatoms. The largest absolute Gasteiger partial charge is 0.369 e. The van der Waals surface area contributed by atoms with Crippen LogP contribution in [0.2, 0.25) is 0 Å². The first-order valence-electron chi connectivity index (χ1n) is 9.09. The Morgan fingerprint density at radius 3 is 2.63 bits per heavy atom. The van der Waals surface area contributed by atoms with Gasteiger partial charge in [0.2, 0.25) is 10.0 Å². The number of aromatic nitrogens is 1. The SMILES string of the molecule is CN1CCN(S(=O)(=O)c2ccc(N3CCOC(c4cccs4)C3)nc2)CC1. The van der Waals surface area contributed by atoms with Crippen LogP contribution in [-0.4, -0.2) is 75.5 Å². The van der Waals surface area contributed by atoms with Gasteiger partial charge in [-0.3, -0.25) is 0 Å². The van der Waals surface area contributed by atoms with Crippen molar-refractivity contribution in [3.05, 3.63) is 40.7 Å². The molecule has 146 valence electrons. The molecule has 0 spiro atoms. The monoisotopic (exact) mass is 408 g/mol. The molecule has 0 aliphatic carbocycles. The van der Waals surface area contributed by atoms with Gasteiger partial charge < -0.3 is 14.5 Å². The number of nitrogens with zero attached hydrogens (tertiary/aromatic N) is 4. The number of ether oxygens (including phenoxy) is 1. The van der Waals surface area contributed by atoms with Gasteiger partial charge in [0.1, 0.15) is 16.8 Å². The quantitative estimate of drug-likeness (QED) is 0.767. The van der Waals surface area contributed by atoms with E-state index in [0.29, 0.717) is 19.7 Å². The Hall–Kier alpha value is -1.52. The second kappa shape index (κ2) is 7.84. The van der Waals surface area contributed by atoms with Crippen LogP contribution in [0.15, 0.2) is 40.7 Å². The Labute approximate surface area is 164 Å². The zero-order valence-corrected chi connectivity index (χ0v) is 17.0. The van der Waals surface area contributed by atoms with Gasteiger partial charge in [-0.05, 0) is 30.6 Å². The molecular formula is C18H24N4O3S2. The molecule has 1 atom stereocenters. The fraction of sp³-hybridized carbons (Fsp3) is 0.500. The summed E-state index contributed by atoms with van der Waals surface area (Å²) < 4.78 is 33.1. The minimum absolute atomic E-state index is 0.0364. The number of morpholine rings is 1. The van der Waals surface area contributed by atoms with Gasteiger partial charge in [-0.25, -0.2) is 13.4 Å². The van der Waals surface area contributed by atoms with Crippen LogP contribution in [0, 0.1) is 0 Å². The van der Waals surface area contributed by atoms with Gasteiger partial charge in [0.25, 0.3) is 0 Å². The van der Waals surface area contributed by atoms with Gasteiger partial charge in [0.05, 0.1) is 13.2 Å². The van der Waals surface area contributed by atoms with Crippen molar-refractivity contribution in [3.63, 3.8) is 0 Å². The van der Waals surface area contributed by atoms with Crippen LogP contribution >= 0.6 is 11.3 Å². The van der Waals surface area contributed by atoms with Gasteiger partial charge in [-0.1, -0.05) is 6.07 Å². The van der Waals surface area contributed by atoms with Crippen molar-refractivity contribution < 1.29 is 13.2 Å². The summed E-state index contributed by atoms with van der Waals surface area (Å²) in [6, 6.07) is 7.59. The van der Waals surface area contributed by atoms with Crippen molar-refractivity contribution in [2.24, 2.45) is 0 Å². The topological polar surface area (TPSA) is 66.0 Å². The molecule has 0 amide bonds. The summed E-state index contributed by atoms with van der Waals surface area (Å²) in [5, 5.41) is 2.05. The number of likely N-dealkylation sites (N-methyl/N-ethyl adjacent to an activating group) is 1. The van der Waals surface area contributed by atoms with E-state index >= 15 is 0 Å². The molecule has 0 N–H and O–H groups in total. The molecule has 2 aliphatic rings. The smallest absolute Gasteiger partial charge is 0.244 e. The van der Waals surface area contributed by atoms with Crippen molar-refractivity contribution in [3.8, 4) is 0 Å². The second-order valence-electron chi connectivity index (χ2n) is 6.88. The number of hydrogen-bond donors (Lipinski definition) is 0. The molecule has 2 saturated heterocycles. The highest BCUT2D eigenvalue weighted by Gasteiger charge is 2.28. The minimum atomic E-state index is -3.48. The Kier molecular flexibility index (Phi) is 5.47. The first-order valence-corrected chi connectivity index (χ1v) is 11.4. The summed E-state index contributed by atoms with van der Waals surface area (Å²) in [6.07, 6.45) is 1.52. The van der Waals surface area contributed by atoms with Gasteiger partial charge in [-0.2, -0.15) is 4.31 Å². The predicted octanol–water partition coefficient (Wildman–Crippen LogP) is 1.66. The van der Waals surface area contributed by atoms with Gasteiger partial charge in [0, 0.05) is 43.8 Å². The molecule has 0 aromatic carbocycles. The Bertz CT molecular complexity index is 847. The second-order valence-corrected chi connectivity index (χ2v) is 9.80. The number of thiophene rings is 1. The maximum Gasteiger partial charge on any atom is 0.244 e. The predicted molar refractivity (Wildman–Crippen MR) is 106 cm³/mol. The summed E-state index contributed by atoms with van der Waals surface area (Å²) >= 11 is 1.69. The molecule has 1 unspecified atom stereocenters. The van der Waals surface area contributed by atoms with Crippen LogP contribution in [0.4, 0.5) is 5.82 Å². The molecule has 2 fully saturated rings. The molecule has 2 aromatic rings. The van der Waals surface area contributed by atoms with Gasteiger partial charge in [0.15, 0.2) is 0 Å². The molecule has 4 rings (SSSR count). The number of sulfonamides is 1. The highest BCUT2D eigenvalue weighted by atomic mass is 32.2. The number of anilines is 1. The molecule has 0 saturated carbocycles. The van der Waals surface area contributed by atoms with E-state index in [2.05, 4.69) is 20.9 Å². The third-order valence-electron chi connectivity index (χ3n) is 5.07. The molecule has 0 radical (unpaired) electrons. The normalized spacial score (nSPS) is 22.9. The summed E-state index contributed by atoms with van der Waals surface area (Å²) in [5.41, 5.74) is 0. The van der Waals surface area contributed by atoms with Crippen LogP contribution < -0.4 is 4.90 Å². The van der Waals surface area contributed by atoms with Crippen molar-refractivity contribution in [1.29, 1.82) is 0 Å². The standard InChI is InChI=1S/C18H24N4O3S2/c1-20-6-8-22(9-7-20)27(23,24)15-4-5-18(19-13-15)21-10-11-25-16(14-21)17-3-2-12-26-17/h2-5,12-13,16H,6-11,14H2,1H3. The van der Waals surface area contributed by atoms with Crippen molar-refractivity contribution in [2.75, 3.05) is 57.8 Å². The lowest BCUT2D eigenvalue weighted by Crippen LogP contribution is -2.47. The molecule has 4 heterocycles. The molecule has 0 bridgehead atoms. The van der Waals surface area contributed by atoms with E-state index in [1.807, 2.05) is 18.5 Å². The average molecular weight is 409 g/mol. The van der Waals surface area contributed by atoms with Crippen LogP contribution in [0.1, 0.15) is 11.0 Å². The molecule has 2 aromatic heterocycles. The molecule has 2 aliphatic heterocycles. The lowest BCUT2D eigenvalue weighted by atomic mass is 10.2. The van der Waals surface area contributed by atoms with E-state index in [-0.39, 0.29) is 11.0 Å². The zero-order chi connectivity index (χ0) is 18.9. The lowest BCUT2D eigenvalue weighted by Gasteiger charge is -2.33. The van der Waals surface area contributed by atoms with Crippen LogP contribution in [0.5, 0.6) is 0 Å². The average Bonchev–Trinajstić information content (AvgIpc) is 3.23. The maximum absolute atomic E-state index is 12.8. The van der Waals surface area contributed by atoms with Crippen LogP contribution in [0.3, 0.4) is 0 Å². The summed E-state index contributed by atoms with van der Waals surface area (Å²) in [6.45, 7) is 4.65. The van der Waals surface area contributed by atoms with Gasteiger partial charge in [-0.15, -0.1) is 11.3 Å². The fourth-order valence-electron chi connectivity index (χ4n) is 3.39. The Morgan fingerprint density at radius 1 is 1.15 bits per heavy atom. The third kappa shape index (κ3) is 4.02. The highest BCUT2D eigenvalue weighted by Crippen LogP contribution is 2.28. The number of piperazine rings is 1. The summed E-state index contributed by atoms with van der Waals surface area (Å²) in [5.74, 6) is 0.789. The molecule has 7 nitrogen and oxygen atoms in total. The zero-order valence-electron chi connectivity index (χ0n) is 15.3. The summed E-state index contributed by atoms with van der Waals surface area (Å²) in [7, 11) is -1.47. The number of rotatable bonds is 4. The first kappa shape index (κ1) is 18.8. The summed E-state index contributed by atoms with van der Waals surface area (Å²) in [4.78, 5) is 10.2. The number of hydrogen-bond acceptors (Lipinski definition) is 7. The van der Waals surface area contributed by atoms with E-state index in [1.54, 1.807) is 27.8 Å². The van der Waals surface area contributed by atoms with Gasteiger partial charge >= 0.3 is 0 Å². The van der Waals surface area contributed by atoms with E-state index in [9.17, 15) is 8.42 Å². The van der Waals surface area contributed by atoms with E-state index in [4.69, 9.17) is 4.74 Å². The van der Waals surface area contributed by atoms with E-state index < -0.39 is 10.0 Å². The van der Waals surface area contributed by atoms with Crippen LogP contribution in [0.25, 0.3) is 0 Å². The first-order chi connectivity index (χ1) is 13.0. The minimum Gasteiger partial charge on any atom is -0.369 e. The van der Waals surface area contributed by atoms with E-state index in [0.717, 1.165) is 32.0 Å². The van der Waals surface area contributed by atoms with Crippen molar-refractivity contribution in [2.45, 2.75) is 11.0 Å². The number of pyridine rings is 1. The van der Waals surface area contributed by atoms with Crippen molar-refractivity contribution >= 4 is 27.2 Å². The highest BCUT2D eigenvalue weighted by molar-refractivity contribution is 7.89. The van der Waals surface area contributed by atoms with Crippen LogP contribution in [-0.2, 0) is 14.8 Å². The molecular weight excluding hydrogens is 384 g/mol. The fourth-order valence-corrected chi connectivity index (χ4v) is 5.53. The Balaban J connectivity index is 1.47. The van der Waals surface area contributed by atoms with Crippen molar-refractivity contribution in [1.82, 2.24) is 14.2 Å². The third-order valence-corrected chi connectivity index (χ3v) is 7.92. The van der Waals surface area contributed by atoms with E-state index in [1.165, 1.54) is 11.1 Å².